The van der Waals surface area contributed by atoms with E-state index in [0.29, 0.717) is 30.7 Å². The Morgan fingerprint density at radius 1 is 1.26 bits per heavy atom. The van der Waals surface area contributed by atoms with E-state index < -0.39 is 12.2 Å². The van der Waals surface area contributed by atoms with Crippen LogP contribution in [0.4, 0.5) is 13.2 Å². The maximum Gasteiger partial charge on any atom is 0.408 e. The first-order chi connectivity index (χ1) is 8.89. The average molecular weight is 339 g/mol. The summed E-state index contributed by atoms with van der Waals surface area (Å²) in [5.74, 6) is -0.338. The van der Waals surface area contributed by atoms with Gasteiger partial charge in [-0.25, -0.2) is 0 Å². The van der Waals surface area contributed by atoms with E-state index in [9.17, 15) is 18.3 Å². The van der Waals surface area contributed by atoms with Crippen molar-refractivity contribution in [2.45, 2.75) is 12.2 Å². The third kappa shape index (κ3) is 3.40. The van der Waals surface area contributed by atoms with Crippen molar-refractivity contribution in [1.29, 1.82) is 0 Å². The highest BCUT2D eigenvalue weighted by atomic mass is 79.9. The molecule has 0 aromatic heterocycles. The Morgan fingerprint density at radius 3 is 2.42 bits per heavy atom. The number of aromatic hydroxyl groups is 1. The molecule has 2 N–H and O–H groups in total. The van der Waals surface area contributed by atoms with Crippen molar-refractivity contribution in [1.82, 2.24) is 10.2 Å². The van der Waals surface area contributed by atoms with Crippen LogP contribution in [0.2, 0.25) is 0 Å². The van der Waals surface area contributed by atoms with Gasteiger partial charge >= 0.3 is 6.18 Å². The topological polar surface area (TPSA) is 35.5 Å². The number of alkyl halides is 3. The van der Waals surface area contributed by atoms with Gasteiger partial charge in [-0.3, -0.25) is 4.90 Å². The number of hydrogen-bond donors (Lipinski definition) is 2. The van der Waals surface area contributed by atoms with E-state index in [1.807, 2.05) is 0 Å². The van der Waals surface area contributed by atoms with Gasteiger partial charge in [0, 0.05) is 36.2 Å². The van der Waals surface area contributed by atoms with Crippen LogP contribution >= 0.6 is 15.9 Å². The lowest BCUT2D eigenvalue weighted by atomic mass is 10.0. The van der Waals surface area contributed by atoms with Crippen LogP contribution in [0.5, 0.6) is 5.75 Å². The van der Waals surface area contributed by atoms with Gasteiger partial charge in [0.05, 0.1) is 0 Å². The number of phenols is 1. The lowest BCUT2D eigenvalue weighted by Gasteiger charge is -2.36. The number of hydrogen-bond acceptors (Lipinski definition) is 3. The summed E-state index contributed by atoms with van der Waals surface area (Å²) in [6.07, 6.45) is -4.41. The molecule has 0 unspecified atom stereocenters. The minimum Gasteiger partial charge on any atom is -0.508 e. The van der Waals surface area contributed by atoms with Gasteiger partial charge in [-0.2, -0.15) is 13.2 Å². The number of benzene rings is 1. The van der Waals surface area contributed by atoms with Gasteiger partial charge in [-0.05, 0) is 12.1 Å². The molecule has 1 aliphatic rings. The Balaban J connectivity index is 2.36. The van der Waals surface area contributed by atoms with Crippen LogP contribution in [-0.4, -0.2) is 42.4 Å². The summed E-state index contributed by atoms with van der Waals surface area (Å²) in [5, 5.41) is 12.8. The Labute approximate surface area is 117 Å². The Hall–Kier alpha value is -0.790. The molecule has 0 saturated carbocycles. The third-order valence-electron chi connectivity index (χ3n) is 3.11. The van der Waals surface area contributed by atoms with Crippen molar-refractivity contribution in [2.24, 2.45) is 0 Å². The van der Waals surface area contributed by atoms with E-state index in [1.54, 1.807) is 0 Å². The SMILES string of the molecule is Oc1cc(Br)ccc1[C@H](N1CCNCC1)C(F)(F)F. The first kappa shape index (κ1) is 14.6. The molecule has 0 aliphatic carbocycles. The van der Waals surface area contributed by atoms with E-state index in [0.717, 1.165) is 0 Å². The van der Waals surface area contributed by atoms with E-state index in [2.05, 4.69) is 21.2 Å². The van der Waals surface area contributed by atoms with Crippen molar-refractivity contribution in [3.63, 3.8) is 0 Å². The van der Waals surface area contributed by atoms with E-state index in [4.69, 9.17) is 0 Å². The number of phenolic OH excluding ortho intramolecular Hbond substituents is 1. The van der Waals surface area contributed by atoms with Crippen molar-refractivity contribution in [2.75, 3.05) is 26.2 Å². The Kier molecular flexibility index (Phi) is 4.37. The molecule has 1 aliphatic heterocycles. The second kappa shape index (κ2) is 5.68. The molecule has 0 spiro atoms. The highest BCUT2D eigenvalue weighted by Crippen LogP contribution is 2.41. The van der Waals surface area contributed by atoms with Gasteiger partial charge in [0.15, 0.2) is 0 Å². The predicted molar refractivity (Wildman–Crippen MR) is 69.0 cm³/mol. The summed E-state index contributed by atoms with van der Waals surface area (Å²) < 4.78 is 40.4. The summed E-state index contributed by atoms with van der Waals surface area (Å²) in [6, 6.07) is 2.36. The maximum atomic E-state index is 13.3. The lowest BCUT2D eigenvalue weighted by Crippen LogP contribution is -2.49. The second-order valence-electron chi connectivity index (χ2n) is 4.43. The molecule has 1 aromatic carbocycles. The van der Waals surface area contributed by atoms with Crippen molar-refractivity contribution in [3.8, 4) is 5.75 Å². The standard InChI is InChI=1S/C12H14BrF3N2O/c13-8-1-2-9(10(19)7-8)11(12(14,15)16)18-5-3-17-4-6-18/h1-2,7,11,17,19H,3-6H2/t11-/m0/s1. The van der Waals surface area contributed by atoms with Crippen LogP contribution in [0.15, 0.2) is 22.7 Å². The molecule has 1 aromatic rings. The number of nitrogens with one attached hydrogen (secondary N) is 1. The number of halogens is 4. The fraction of sp³-hybridized carbons (Fsp3) is 0.500. The van der Waals surface area contributed by atoms with E-state index in [-0.39, 0.29) is 11.3 Å². The molecule has 1 fully saturated rings. The van der Waals surface area contributed by atoms with Crippen LogP contribution in [0.1, 0.15) is 11.6 Å². The summed E-state index contributed by atoms with van der Waals surface area (Å²) in [7, 11) is 0. The molecular weight excluding hydrogens is 325 g/mol. The molecule has 106 valence electrons. The second-order valence-corrected chi connectivity index (χ2v) is 5.35. The van der Waals surface area contributed by atoms with Crippen molar-refractivity contribution < 1.29 is 18.3 Å². The van der Waals surface area contributed by atoms with Crippen LogP contribution in [0, 0.1) is 0 Å². The summed E-state index contributed by atoms with van der Waals surface area (Å²) in [4.78, 5) is 1.35. The highest BCUT2D eigenvalue weighted by molar-refractivity contribution is 9.10. The molecule has 0 radical (unpaired) electrons. The zero-order valence-electron chi connectivity index (χ0n) is 10.0. The third-order valence-corrected chi connectivity index (χ3v) is 3.61. The average Bonchev–Trinajstić information content (AvgIpc) is 2.32. The van der Waals surface area contributed by atoms with Crippen LogP contribution in [0.3, 0.4) is 0 Å². The van der Waals surface area contributed by atoms with Gasteiger partial charge in [0.2, 0.25) is 0 Å². The molecule has 1 saturated heterocycles. The monoisotopic (exact) mass is 338 g/mol. The molecule has 0 bridgehead atoms. The summed E-state index contributed by atoms with van der Waals surface area (Å²) in [6.45, 7) is 1.65. The summed E-state index contributed by atoms with van der Waals surface area (Å²) in [5.41, 5.74) is -0.0994. The number of nitrogens with zero attached hydrogens (tertiary/aromatic N) is 1. The van der Waals surface area contributed by atoms with Gasteiger partial charge in [0.25, 0.3) is 0 Å². The minimum absolute atomic E-state index is 0.0994. The zero-order chi connectivity index (χ0) is 14.0. The van der Waals surface area contributed by atoms with E-state index in [1.165, 1.54) is 23.1 Å². The van der Waals surface area contributed by atoms with Crippen molar-refractivity contribution >= 4 is 15.9 Å². The van der Waals surface area contributed by atoms with Crippen molar-refractivity contribution in [3.05, 3.63) is 28.2 Å². The Morgan fingerprint density at radius 2 is 1.89 bits per heavy atom. The molecule has 2 rings (SSSR count). The van der Waals surface area contributed by atoms with Gasteiger partial charge in [-0.1, -0.05) is 22.0 Å². The highest BCUT2D eigenvalue weighted by Gasteiger charge is 2.46. The normalized spacial score (nSPS) is 19.4. The largest absolute Gasteiger partial charge is 0.508 e. The Bertz CT molecular complexity index is 447. The number of piperazine rings is 1. The molecule has 1 atom stereocenters. The number of rotatable bonds is 2. The fourth-order valence-corrected chi connectivity index (χ4v) is 2.62. The lowest BCUT2D eigenvalue weighted by molar-refractivity contribution is -0.188. The smallest absolute Gasteiger partial charge is 0.408 e. The molecular formula is C12H14BrF3N2O. The first-order valence-electron chi connectivity index (χ1n) is 5.89. The maximum absolute atomic E-state index is 13.3. The molecule has 0 amide bonds. The van der Waals surface area contributed by atoms with E-state index >= 15 is 0 Å². The van der Waals surface area contributed by atoms with Gasteiger partial charge in [-0.15, -0.1) is 0 Å². The quantitative estimate of drug-likeness (QED) is 0.870. The minimum atomic E-state index is -4.41. The molecule has 7 heteroatoms. The van der Waals surface area contributed by atoms with Crippen LogP contribution in [0.25, 0.3) is 0 Å². The molecule has 3 nitrogen and oxygen atoms in total. The van der Waals surface area contributed by atoms with Gasteiger partial charge in [0.1, 0.15) is 11.8 Å². The first-order valence-corrected chi connectivity index (χ1v) is 6.69. The summed E-state index contributed by atoms with van der Waals surface area (Å²) >= 11 is 3.13. The predicted octanol–water partition coefficient (Wildman–Crippen LogP) is 2.66. The van der Waals surface area contributed by atoms with Crippen LogP contribution < -0.4 is 5.32 Å². The van der Waals surface area contributed by atoms with Crippen LogP contribution in [-0.2, 0) is 0 Å². The molecule has 19 heavy (non-hydrogen) atoms. The zero-order valence-corrected chi connectivity index (χ0v) is 11.6. The van der Waals surface area contributed by atoms with Gasteiger partial charge < -0.3 is 10.4 Å². The molecule has 1 heterocycles. The fourth-order valence-electron chi connectivity index (χ4n) is 2.27.